The molecular weight excluding hydrogens is 308 g/mol. The van der Waals surface area contributed by atoms with Crippen molar-refractivity contribution in [1.29, 1.82) is 0 Å². The first-order chi connectivity index (χ1) is 11.8. The first-order valence-electron chi connectivity index (χ1n) is 8.02. The van der Waals surface area contributed by atoms with Crippen molar-refractivity contribution < 1.29 is 18.9 Å². The first kappa shape index (κ1) is 17.9. The highest BCUT2D eigenvalue weighted by molar-refractivity contribution is 5.39. The van der Waals surface area contributed by atoms with Gasteiger partial charge in [-0.25, -0.2) is 0 Å². The lowest BCUT2D eigenvalue weighted by atomic mass is 10.3. The average molecular weight is 332 g/mol. The van der Waals surface area contributed by atoms with Crippen LogP contribution in [0.2, 0.25) is 0 Å². The van der Waals surface area contributed by atoms with E-state index in [0.717, 1.165) is 11.5 Å². The third-order valence-corrected chi connectivity index (χ3v) is 3.12. The van der Waals surface area contributed by atoms with Gasteiger partial charge in [-0.3, -0.25) is 0 Å². The molecule has 130 valence electrons. The molecule has 0 saturated carbocycles. The number of methoxy groups -OCH3 is 1. The van der Waals surface area contributed by atoms with Gasteiger partial charge < -0.3 is 24.3 Å². The standard InChI is InChI=1S/C18H24N2O4/c1-3-22-17-9-6-10-18(20-17)24-14-12-19-11-13-23-16-8-5-4-7-15(16)21-2/h4-10,19H,3,11-14H2,1-2H3. The average Bonchev–Trinajstić information content (AvgIpc) is 2.62. The van der Waals surface area contributed by atoms with Crippen LogP contribution in [-0.4, -0.2) is 45.0 Å². The fourth-order valence-corrected chi connectivity index (χ4v) is 2.03. The molecule has 2 aromatic rings. The molecule has 1 N–H and O–H groups in total. The van der Waals surface area contributed by atoms with Gasteiger partial charge in [0.15, 0.2) is 11.5 Å². The minimum atomic E-state index is 0.525. The largest absolute Gasteiger partial charge is 0.493 e. The molecule has 0 aliphatic heterocycles. The van der Waals surface area contributed by atoms with E-state index in [-0.39, 0.29) is 0 Å². The Bertz CT molecular complexity index is 607. The second-order valence-corrected chi connectivity index (χ2v) is 4.84. The van der Waals surface area contributed by atoms with Crippen molar-refractivity contribution in [3.05, 3.63) is 42.5 Å². The van der Waals surface area contributed by atoms with Crippen LogP contribution in [0, 0.1) is 0 Å². The quantitative estimate of drug-likeness (QED) is 0.638. The summed E-state index contributed by atoms with van der Waals surface area (Å²) in [6, 6.07) is 13.1. The van der Waals surface area contributed by atoms with Crippen molar-refractivity contribution in [1.82, 2.24) is 10.3 Å². The van der Waals surface area contributed by atoms with Gasteiger partial charge in [0.05, 0.1) is 13.7 Å². The second-order valence-electron chi connectivity index (χ2n) is 4.84. The highest BCUT2D eigenvalue weighted by Crippen LogP contribution is 2.25. The van der Waals surface area contributed by atoms with Gasteiger partial charge in [0.2, 0.25) is 11.8 Å². The van der Waals surface area contributed by atoms with Gasteiger partial charge in [-0.05, 0) is 19.1 Å². The smallest absolute Gasteiger partial charge is 0.216 e. The summed E-state index contributed by atoms with van der Waals surface area (Å²) in [6.07, 6.45) is 0. The number of ether oxygens (including phenoxy) is 4. The van der Waals surface area contributed by atoms with Crippen molar-refractivity contribution in [2.75, 3.05) is 40.0 Å². The zero-order valence-electron chi connectivity index (χ0n) is 14.2. The fourth-order valence-electron chi connectivity index (χ4n) is 2.03. The van der Waals surface area contributed by atoms with Crippen LogP contribution in [0.25, 0.3) is 0 Å². The second kappa shape index (κ2) is 10.3. The van der Waals surface area contributed by atoms with E-state index in [1.165, 1.54) is 0 Å². The number of para-hydroxylation sites is 2. The molecular formula is C18H24N2O4. The number of hydrogen-bond donors (Lipinski definition) is 1. The molecule has 0 unspecified atom stereocenters. The lowest BCUT2D eigenvalue weighted by Crippen LogP contribution is -2.26. The van der Waals surface area contributed by atoms with Crippen LogP contribution in [0.4, 0.5) is 0 Å². The van der Waals surface area contributed by atoms with Crippen molar-refractivity contribution in [2.24, 2.45) is 0 Å². The Hall–Kier alpha value is -2.47. The number of hydrogen-bond acceptors (Lipinski definition) is 6. The molecule has 0 fully saturated rings. The van der Waals surface area contributed by atoms with Crippen molar-refractivity contribution in [2.45, 2.75) is 6.92 Å². The van der Waals surface area contributed by atoms with Gasteiger partial charge in [-0.1, -0.05) is 18.2 Å². The lowest BCUT2D eigenvalue weighted by molar-refractivity contribution is 0.270. The van der Waals surface area contributed by atoms with Crippen molar-refractivity contribution >= 4 is 0 Å². The number of rotatable bonds is 11. The van der Waals surface area contributed by atoms with Gasteiger partial charge in [0.25, 0.3) is 0 Å². The maximum atomic E-state index is 5.68. The molecule has 1 aromatic carbocycles. The number of benzene rings is 1. The van der Waals surface area contributed by atoms with E-state index >= 15 is 0 Å². The minimum absolute atomic E-state index is 0.525. The Balaban J connectivity index is 1.59. The molecule has 0 bridgehead atoms. The molecule has 0 aliphatic carbocycles. The molecule has 1 heterocycles. The van der Waals surface area contributed by atoms with E-state index in [1.54, 1.807) is 7.11 Å². The number of nitrogens with zero attached hydrogens (tertiary/aromatic N) is 1. The molecule has 24 heavy (non-hydrogen) atoms. The van der Waals surface area contributed by atoms with Crippen LogP contribution < -0.4 is 24.3 Å². The van der Waals surface area contributed by atoms with Crippen molar-refractivity contribution in [3.8, 4) is 23.3 Å². The highest BCUT2D eigenvalue weighted by atomic mass is 16.5. The SMILES string of the molecule is CCOc1cccc(OCCNCCOc2ccccc2OC)n1. The molecule has 0 spiro atoms. The maximum absolute atomic E-state index is 5.68. The van der Waals surface area contributed by atoms with Crippen LogP contribution >= 0.6 is 0 Å². The van der Waals surface area contributed by atoms with Crippen molar-refractivity contribution in [3.63, 3.8) is 0 Å². The summed E-state index contributed by atoms with van der Waals surface area (Å²) in [5.41, 5.74) is 0. The van der Waals surface area contributed by atoms with E-state index in [9.17, 15) is 0 Å². The highest BCUT2D eigenvalue weighted by Gasteiger charge is 2.02. The van der Waals surface area contributed by atoms with Gasteiger partial charge in [-0.2, -0.15) is 4.98 Å². The zero-order chi connectivity index (χ0) is 17.0. The summed E-state index contributed by atoms with van der Waals surface area (Å²) >= 11 is 0. The Labute approximate surface area is 142 Å². The van der Waals surface area contributed by atoms with E-state index in [1.807, 2.05) is 49.4 Å². The summed E-state index contributed by atoms with van der Waals surface area (Å²) in [7, 11) is 1.63. The normalized spacial score (nSPS) is 10.2. The summed E-state index contributed by atoms with van der Waals surface area (Å²) in [4.78, 5) is 4.24. The minimum Gasteiger partial charge on any atom is -0.493 e. The summed E-state index contributed by atoms with van der Waals surface area (Å²) < 4.78 is 21.8. The van der Waals surface area contributed by atoms with E-state index in [4.69, 9.17) is 18.9 Å². The predicted molar refractivity (Wildman–Crippen MR) is 92.3 cm³/mol. The Kier molecular flexibility index (Phi) is 7.70. The predicted octanol–water partition coefficient (Wildman–Crippen LogP) is 2.54. The number of aromatic nitrogens is 1. The number of pyridine rings is 1. The van der Waals surface area contributed by atoms with Gasteiger partial charge in [-0.15, -0.1) is 0 Å². The molecule has 0 radical (unpaired) electrons. The monoisotopic (exact) mass is 332 g/mol. The summed E-state index contributed by atoms with van der Waals surface area (Å²) in [5.74, 6) is 2.62. The molecule has 0 amide bonds. The topological polar surface area (TPSA) is 61.8 Å². The van der Waals surface area contributed by atoms with Crippen LogP contribution in [0.15, 0.2) is 42.5 Å². The van der Waals surface area contributed by atoms with Gasteiger partial charge in [0.1, 0.15) is 13.2 Å². The Morgan fingerprint density at radius 2 is 1.50 bits per heavy atom. The Morgan fingerprint density at radius 3 is 2.21 bits per heavy atom. The molecule has 1 aromatic heterocycles. The van der Waals surface area contributed by atoms with Crippen LogP contribution in [0.5, 0.6) is 23.3 Å². The van der Waals surface area contributed by atoms with E-state index in [2.05, 4.69) is 10.3 Å². The van der Waals surface area contributed by atoms with Crippen LogP contribution in [0.3, 0.4) is 0 Å². The fraction of sp³-hybridized carbons (Fsp3) is 0.389. The van der Waals surface area contributed by atoms with E-state index < -0.39 is 0 Å². The summed E-state index contributed by atoms with van der Waals surface area (Å²) in [6.45, 7) is 5.01. The molecule has 6 heteroatoms. The molecule has 6 nitrogen and oxygen atoms in total. The molecule has 0 saturated heterocycles. The summed E-state index contributed by atoms with van der Waals surface area (Å²) in [5, 5.41) is 3.25. The maximum Gasteiger partial charge on any atom is 0.216 e. The molecule has 0 atom stereocenters. The molecule has 0 aliphatic rings. The van der Waals surface area contributed by atoms with Gasteiger partial charge in [0, 0.05) is 25.2 Å². The first-order valence-corrected chi connectivity index (χ1v) is 8.02. The lowest BCUT2D eigenvalue weighted by Gasteiger charge is -2.11. The van der Waals surface area contributed by atoms with E-state index in [0.29, 0.717) is 44.7 Å². The Morgan fingerprint density at radius 1 is 0.833 bits per heavy atom. The third kappa shape index (κ3) is 5.96. The number of nitrogens with one attached hydrogen (secondary N) is 1. The van der Waals surface area contributed by atoms with Crippen LogP contribution in [-0.2, 0) is 0 Å². The van der Waals surface area contributed by atoms with Crippen LogP contribution in [0.1, 0.15) is 6.92 Å². The zero-order valence-corrected chi connectivity index (χ0v) is 14.2. The molecule has 2 rings (SSSR count). The third-order valence-electron chi connectivity index (χ3n) is 3.12. The van der Waals surface area contributed by atoms with Gasteiger partial charge >= 0.3 is 0 Å².